The first-order chi connectivity index (χ1) is 9.58. The Morgan fingerprint density at radius 3 is 2.35 bits per heavy atom. The minimum atomic E-state index is -0.429. The number of rotatable bonds is 4. The Balaban J connectivity index is 1.99. The maximum atomic E-state index is 12.7. The van der Waals surface area contributed by atoms with Crippen molar-refractivity contribution in [2.45, 2.75) is 0 Å². The highest BCUT2D eigenvalue weighted by Gasteiger charge is 2.07. The molecule has 2 rings (SSSR count). The molecule has 0 unspecified atom stereocenters. The van der Waals surface area contributed by atoms with Gasteiger partial charge in [-0.1, -0.05) is 18.7 Å². The molecule has 0 heterocycles. The first-order valence-corrected chi connectivity index (χ1v) is 5.87. The second kappa shape index (κ2) is 5.88. The summed E-state index contributed by atoms with van der Waals surface area (Å²) >= 11 is 0. The van der Waals surface area contributed by atoms with Gasteiger partial charge in [0.15, 0.2) is 0 Å². The van der Waals surface area contributed by atoms with Crippen molar-refractivity contribution in [1.29, 1.82) is 0 Å². The Bertz CT molecular complexity index is 639. The van der Waals surface area contributed by atoms with E-state index >= 15 is 0 Å². The lowest BCUT2D eigenvalue weighted by Gasteiger charge is -2.12. The Labute approximate surface area is 115 Å². The monoisotopic (exact) mass is 272 g/mol. The Morgan fingerprint density at radius 2 is 1.70 bits per heavy atom. The summed E-state index contributed by atoms with van der Waals surface area (Å²) in [6.07, 6.45) is 0. The number of hydrogen-bond donors (Lipinski definition) is 3. The van der Waals surface area contributed by atoms with Gasteiger partial charge >= 0.3 is 0 Å². The normalized spacial score (nSPS) is 9.85. The van der Waals surface area contributed by atoms with Crippen molar-refractivity contribution in [3.8, 4) is 5.75 Å². The second-order valence-corrected chi connectivity index (χ2v) is 4.08. The summed E-state index contributed by atoms with van der Waals surface area (Å²) in [6.45, 7) is 3.72. The van der Waals surface area contributed by atoms with Crippen molar-refractivity contribution in [2.24, 2.45) is 0 Å². The lowest BCUT2D eigenvalue weighted by atomic mass is 10.1. The van der Waals surface area contributed by atoms with Crippen molar-refractivity contribution in [2.75, 3.05) is 0 Å². The van der Waals surface area contributed by atoms with E-state index in [2.05, 4.69) is 17.4 Å². The van der Waals surface area contributed by atoms with Crippen LogP contribution in [0.4, 0.5) is 4.39 Å². The van der Waals surface area contributed by atoms with Gasteiger partial charge in [0.05, 0.1) is 5.70 Å². The number of carbonyl (C=O) groups excluding carboxylic acids is 1. The maximum Gasteiger partial charge on any atom is 0.269 e. The molecule has 0 bridgehead atoms. The third-order valence-electron chi connectivity index (χ3n) is 2.66. The molecular formula is C15H13FN2O2. The van der Waals surface area contributed by atoms with Gasteiger partial charge in [-0.15, -0.1) is 0 Å². The molecule has 102 valence electrons. The van der Waals surface area contributed by atoms with E-state index in [1.807, 2.05) is 0 Å². The van der Waals surface area contributed by atoms with Gasteiger partial charge in [0.1, 0.15) is 11.6 Å². The summed E-state index contributed by atoms with van der Waals surface area (Å²) in [6, 6.07) is 11.7. The van der Waals surface area contributed by atoms with E-state index in [1.165, 1.54) is 30.3 Å². The largest absolute Gasteiger partial charge is 0.507 e. The molecule has 20 heavy (non-hydrogen) atoms. The van der Waals surface area contributed by atoms with E-state index in [0.717, 1.165) is 0 Å². The maximum absolute atomic E-state index is 12.7. The fourth-order valence-corrected chi connectivity index (χ4v) is 1.60. The van der Waals surface area contributed by atoms with E-state index < -0.39 is 11.7 Å². The van der Waals surface area contributed by atoms with Gasteiger partial charge in [0.25, 0.3) is 5.91 Å². The van der Waals surface area contributed by atoms with Crippen LogP contribution < -0.4 is 10.9 Å². The molecule has 0 atom stereocenters. The predicted molar refractivity (Wildman–Crippen MR) is 74.1 cm³/mol. The number of nitrogens with one attached hydrogen (secondary N) is 2. The minimum Gasteiger partial charge on any atom is -0.507 e. The molecule has 0 aliphatic heterocycles. The molecule has 0 radical (unpaired) electrons. The van der Waals surface area contributed by atoms with Crippen LogP contribution in [0.1, 0.15) is 15.9 Å². The molecule has 0 saturated heterocycles. The van der Waals surface area contributed by atoms with Crippen LogP contribution in [-0.2, 0) is 0 Å². The third kappa shape index (κ3) is 3.14. The van der Waals surface area contributed by atoms with Crippen LogP contribution in [0, 0.1) is 5.82 Å². The summed E-state index contributed by atoms with van der Waals surface area (Å²) in [4.78, 5) is 11.8. The number of halogens is 1. The predicted octanol–water partition coefficient (Wildman–Crippen LogP) is 2.44. The van der Waals surface area contributed by atoms with Crippen molar-refractivity contribution >= 4 is 11.6 Å². The van der Waals surface area contributed by atoms with Gasteiger partial charge < -0.3 is 5.11 Å². The summed E-state index contributed by atoms with van der Waals surface area (Å²) in [7, 11) is 0. The van der Waals surface area contributed by atoms with Crippen molar-refractivity contribution in [3.05, 3.63) is 72.1 Å². The Hall–Kier alpha value is -2.82. The summed E-state index contributed by atoms with van der Waals surface area (Å²) < 4.78 is 12.7. The van der Waals surface area contributed by atoms with Crippen LogP contribution in [0.5, 0.6) is 5.75 Å². The highest BCUT2D eigenvalue weighted by atomic mass is 19.1. The highest BCUT2D eigenvalue weighted by Crippen LogP contribution is 2.20. The van der Waals surface area contributed by atoms with Gasteiger partial charge in [-0.2, -0.15) is 0 Å². The lowest BCUT2D eigenvalue weighted by molar-refractivity contribution is 0.0942. The number of hydrogen-bond acceptors (Lipinski definition) is 3. The van der Waals surface area contributed by atoms with Crippen LogP contribution >= 0.6 is 0 Å². The quantitative estimate of drug-likeness (QED) is 0.749. The number of hydrazine groups is 1. The minimum absolute atomic E-state index is 0.0565. The first kappa shape index (κ1) is 13.6. The third-order valence-corrected chi connectivity index (χ3v) is 2.66. The van der Waals surface area contributed by atoms with E-state index in [9.17, 15) is 14.3 Å². The Morgan fingerprint density at radius 1 is 1.05 bits per heavy atom. The second-order valence-electron chi connectivity index (χ2n) is 4.08. The Kier molecular flexibility index (Phi) is 4.00. The summed E-state index contributed by atoms with van der Waals surface area (Å²) in [5, 5.41) is 9.64. The van der Waals surface area contributed by atoms with Crippen LogP contribution in [0.2, 0.25) is 0 Å². The summed E-state index contributed by atoms with van der Waals surface area (Å²) in [5.74, 6) is -0.782. The van der Waals surface area contributed by atoms with Gasteiger partial charge in [-0.25, -0.2) is 4.39 Å². The van der Waals surface area contributed by atoms with Crippen molar-refractivity contribution in [3.63, 3.8) is 0 Å². The fraction of sp³-hybridized carbons (Fsp3) is 0. The SMILES string of the molecule is C=C(NNC(=O)c1ccc(F)cc1)c1ccccc1O. The molecule has 3 N–H and O–H groups in total. The molecule has 0 spiro atoms. The lowest BCUT2D eigenvalue weighted by Crippen LogP contribution is -2.35. The van der Waals surface area contributed by atoms with Gasteiger partial charge in [0, 0.05) is 11.1 Å². The topological polar surface area (TPSA) is 61.4 Å². The zero-order valence-corrected chi connectivity index (χ0v) is 10.6. The first-order valence-electron chi connectivity index (χ1n) is 5.87. The van der Waals surface area contributed by atoms with Gasteiger partial charge in [0.2, 0.25) is 0 Å². The molecule has 0 fully saturated rings. The van der Waals surface area contributed by atoms with E-state index in [-0.39, 0.29) is 5.75 Å². The van der Waals surface area contributed by atoms with Crippen LogP contribution in [0.25, 0.3) is 5.70 Å². The van der Waals surface area contributed by atoms with E-state index in [4.69, 9.17) is 0 Å². The van der Waals surface area contributed by atoms with Gasteiger partial charge in [-0.3, -0.25) is 15.6 Å². The van der Waals surface area contributed by atoms with Crippen LogP contribution in [0.15, 0.2) is 55.1 Å². The molecule has 5 heteroatoms. The molecule has 0 aliphatic rings. The summed E-state index contributed by atoms with van der Waals surface area (Å²) in [5.41, 5.74) is 6.16. The molecule has 0 aromatic heterocycles. The number of para-hydroxylation sites is 1. The van der Waals surface area contributed by atoms with Crippen molar-refractivity contribution < 1.29 is 14.3 Å². The standard InChI is InChI=1S/C15H13FN2O2/c1-10(13-4-2-3-5-14(13)19)17-18-15(20)11-6-8-12(16)9-7-11/h2-9,17,19H,1H2,(H,18,20). The average Bonchev–Trinajstić information content (AvgIpc) is 2.45. The highest BCUT2D eigenvalue weighted by molar-refractivity contribution is 5.94. The number of phenolic OH excluding ortho intramolecular Hbond substituents is 1. The number of amides is 1. The number of aromatic hydroxyl groups is 1. The fourth-order valence-electron chi connectivity index (χ4n) is 1.60. The molecule has 2 aromatic rings. The van der Waals surface area contributed by atoms with E-state index in [0.29, 0.717) is 16.8 Å². The zero-order chi connectivity index (χ0) is 14.5. The number of benzene rings is 2. The number of carbonyl (C=O) groups is 1. The number of phenols is 1. The van der Waals surface area contributed by atoms with Crippen molar-refractivity contribution in [1.82, 2.24) is 10.9 Å². The molecule has 2 aromatic carbocycles. The molecule has 0 aliphatic carbocycles. The molecule has 4 nitrogen and oxygen atoms in total. The smallest absolute Gasteiger partial charge is 0.269 e. The average molecular weight is 272 g/mol. The van der Waals surface area contributed by atoms with E-state index in [1.54, 1.807) is 18.2 Å². The molecular weight excluding hydrogens is 259 g/mol. The molecule has 0 saturated carbocycles. The molecule has 1 amide bonds. The van der Waals surface area contributed by atoms with Crippen LogP contribution in [0.3, 0.4) is 0 Å². The van der Waals surface area contributed by atoms with Crippen LogP contribution in [-0.4, -0.2) is 11.0 Å². The van der Waals surface area contributed by atoms with Gasteiger partial charge in [-0.05, 0) is 36.4 Å². The zero-order valence-electron chi connectivity index (χ0n) is 10.6.